The van der Waals surface area contributed by atoms with E-state index in [9.17, 15) is 9.59 Å². The third-order valence-electron chi connectivity index (χ3n) is 2.03. The third-order valence-corrected chi connectivity index (χ3v) is 2.03. The van der Waals surface area contributed by atoms with Crippen molar-refractivity contribution in [3.8, 4) is 11.5 Å². The fourth-order valence-electron chi connectivity index (χ4n) is 1.01. The molecule has 0 heterocycles. The van der Waals surface area contributed by atoms with Gasteiger partial charge in [0.05, 0.1) is 5.92 Å². The van der Waals surface area contributed by atoms with Crippen LogP contribution in [0.4, 0.5) is 0 Å². The van der Waals surface area contributed by atoms with E-state index >= 15 is 0 Å². The summed E-state index contributed by atoms with van der Waals surface area (Å²) in [7, 11) is 0. The van der Waals surface area contributed by atoms with Gasteiger partial charge in [0, 0.05) is 6.42 Å². The summed E-state index contributed by atoms with van der Waals surface area (Å²) in [5.41, 5.74) is 0. The van der Waals surface area contributed by atoms with E-state index in [0.29, 0.717) is 17.9 Å². The van der Waals surface area contributed by atoms with Gasteiger partial charge in [-0.1, -0.05) is 20.8 Å². The van der Waals surface area contributed by atoms with E-state index in [-0.39, 0.29) is 17.9 Å². The van der Waals surface area contributed by atoms with E-state index in [1.54, 1.807) is 45.0 Å². The van der Waals surface area contributed by atoms with Gasteiger partial charge in [0.25, 0.3) is 0 Å². The van der Waals surface area contributed by atoms with Gasteiger partial charge in [-0.05, 0) is 24.3 Å². The molecule has 0 unspecified atom stereocenters. The lowest BCUT2D eigenvalue weighted by atomic mass is 10.2. The topological polar surface area (TPSA) is 52.6 Å². The van der Waals surface area contributed by atoms with Gasteiger partial charge in [0.2, 0.25) is 0 Å². The molecule has 0 spiro atoms. The largest absolute Gasteiger partial charge is 0.427 e. The zero-order valence-corrected chi connectivity index (χ0v) is 10.2. The Kier molecular flexibility index (Phi) is 4.69. The highest BCUT2D eigenvalue weighted by atomic mass is 16.5. The Hall–Kier alpha value is -1.84. The normalized spacial score (nSPS) is 10.1. The second-order valence-corrected chi connectivity index (χ2v) is 3.87. The molecule has 0 atom stereocenters. The first-order valence-electron chi connectivity index (χ1n) is 5.55. The van der Waals surface area contributed by atoms with Gasteiger partial charge in [-0.3, -0.25) is 9.59 Å². The molecule has 17 heavy (non-hydrogen) atoms. The summed E-state index contributed by atoms with van der Waals surface area (Å²) in [5, 5.41) is 0. The Morgan fingerprint density at radius 1 is 1.06 bits per heavy atom. The predicted molar refractivity (Wildman–Crippen MR) is 62.8 cm³/mol. The van der Waals surface area contributed by atoms with E-state index in [4.69, 9.17) is 9.47 Å². The molecule has 0 amide bonds. The zero-order valence-electron chi connectivity index (χ0n) is 10.2. The van der Waals surface area contributed by atoms with Crippen LogP contribution in [0.2, 0.25) is 0 Å². The van der Waals surface area contributed by atoms with Crippen LogP contribution >= 0.6 is 0 Å². The molecule has 0 fully saturated rings. The average molecular weight is 236 g/mol. The van der Waals surface area contributed by atoms with Gasteiger partial charge in [-0.25, -0.2) is 0 Å². The minimum Gasteiger partial charge on any atom is -0.427 e. The van der Waals surface area contributed by atoms with Crippen LogP contribution in [0.15, 0.2) is 24.3 Å². The molecule has 0 aliphatic heterocycles. The Morgan fingerprint density at radius 3 is 1.94 bits per heavy atom. The van der Waals surface area contributed by atoms with Gasteiger partial charge in [0.1, 0.15) is 11.5 Å². The number of hydrogen-bond donors (Lipinski definition) is 0. The summed E-state index contributed by atoms with van der Waals surface area (Å²) in [5.74, 6) is 0.133. The molecular formula is C13H16O4. The summed E-state index contributed by atoms with van der Waals surface area (Å²) in [6, 6.07) is 6.38. The summed E-state index contributed by atoms with van der Waals surface area (Å²) in [6.45, 7) is 5.25. The van der Waals surface area contributed by atoms with Crippen molar-refractivity contribution >= 4 is 11.9 Å². The van der Waals surface area contributed by atoms with E-state index in [1.165, 1.54) is 0 Å². The SMILES string of the molecule is CCC(=O)Oc1ccc(OC(=O)C(C)C)cc1. The third kappa shape index (κ3) is 4.26. The lowest BCUT2D eigenvalue weighted by Crippen LogP contribution is -2.14. The maximum absolute atomic E-state index is 11.3. The Balaban J connectivity index is 2.62. The van der Waals surface area contributed by atoms with Gasteiger partial charge >= 0.3 is 11.9 Å². The molecule has 0 radical (unpaired) electrons. The number of esters is 2. The van der Waals surface area contributed by atoms with Crippen LogP contribution in [0.5, 0.6) is 11.5 Å². The summed E-state index contributed by atoms with van der Waals surface area (Å²) in [6.07, 6.45) is 0.323. The minimum atomic E-state index is -0.295. The van der Waals surface area contributed by atoms with Crippen molar-refractivity contribution in [1.29, 1.82) is 0 Å². The van der Waals surface area contributed by atoms with E-state index in [0.717, 1.165) is 0 Å². The van der Waals surface area contributed by atoms with E-state index in [1.807, 2.05) is 0 Å². The maximum atomic E-state index is 11.3. The zero-order chi connectivity index (χ0) is 12.8. The molecule has 4 nitrogen and oxygen atoms in total. The van der Waals surface area contributed by atoms with Crippen molar-refractivity contribution in [2.24, 2.45) is 5.92 Å². The summed E-state index contributed by atoms with van der Waals surface area (Å²) in [4.78, 5) is 22.3. The Labute approximate surface area is 101 Å². The quantitative estimate of drug-likeness (QED) is 0.595. The van der Waals surface area contributed by atoms with Crippen molar-refractivity contribution in [2.75, 3.05) is 0 Å². The first-order chi connectivity index (χ1) is 8.02. The second-order valence-electron chi connectivity index (χ2n) is 3.87. The molecular weight excluding hydrogens is 220 g/mol. The molecule has 92 valence electrons. The number of benzene rings is 1. The van der Waals surface area contributed by atoms with Crippen molar-refractivity contribution < 1.29 is 19.1 Å². The van der Waals surface area contributed by atoms with Crippen LogP contribution in [0.1, 0.15) is 27.2 Å². The average Bonchev–Trinajstić information content (AvgIpc) is 2.31. The minimum absolute atomic E-state index is 0.174. The molecule has 1 rings (SSSR count). The lowest BCUT2D eigenvalue weighted by Gasteiger charge is -2.07. The highest BCUT2D eigenvalue weighted by Gasteiger charge is 2.09. The van der Waals surface area contributed by atoms with Crippen LogP contribution in [-0.4, -0.2) is 11.9 Å². The first-order valence-corrected chi connectivity index (χ1v) is 5.55. The molecule has 0 aliphatic rings. The molecule has 4 heteroatoms. The molecule has 0 saturated heterocycles. The standard InChI is InChI=1S/C13H16O4/c1-4-12(14)16-10-5-7-11(8-6-10)17-13(15)9(2)3/h5-9H,4H2,1-3H3. The smallest absolute Gasteiger partial charge is 0.313 e. The molecule has 0 aliphatic carbocycles. The van der Waals surface area contributed by atoms with Crippen LogP contribution in [0.3, 0.4) is 0 Å². The molecule has 1 aromatic carbocycles. The number of ether oxygens (including phenoxy) is 2. The Bertz CT molecular complexity index is 392. The summed E-state index contributed by atoms with van der Waals surface area (Å²) >= 11 is 0. The highest BCUT2D eigenvalue weighted by molar-refractivity contribution is 5.74. The second kappa shape index (κ2) is 6.03. The predicted octanol–water partition coefficient (Wildman–Crippen LogP) is 2.56. The lowest BCUT2D eigenvalue weighted by molar-refractivity contribution is -0.138. The molecule has 0 saturated carbocycles. The number of rotatable bonds is 4. The fourth-order valence-corrected chi connectivity index (χ4v) is 1.01. The van der Waals surface area contributed by atoms with Crippen LogP contribution in [0, 0.1) is 5.92 Å². The maximum Gasteiger partial charge on any atom is 0.313 e. The summed E-state index contributed by atoms with van der Waals surface area (Å²) < 4.78 is 10.1. The van der Waals surface area contributed by atoms with Crippen LogP contribution < -0.4 is 9.47 Å². The number of carbonyl (C=O) groups excluding carboxylic acids is 2. The van der Waals surface area contributed by atoms with Gasteiger partial charge < -0.3 is 9.47 Å². The van der Waals surface area contributed by atoms with Crippen LogP contribution in [-0.2, 0) is 9.59 Å². The molecule has 0 aromatic heterocycles. The molecule has 0 N–H and O–H groups in total. The Morgan fingerprint density at radius 2 is 1.53 bits per heavy atom. The van der Waals surface area contributed by atoms with Crippen molar-refractivity contribution in [1.82, 2.24) is 0 Å². The highest BCUT2D eigenvalue weighted by Crippen LogP contribution is 2.18. The van der Waals surface area contributed by atoms with Crippen molar-refractivity contribution in [3.63, 3.8) is 0 Å². The van der Waals surface area contributed by atoms with E-state index < -0.39 is 0 Å². The van der Waals surface area contributed by atoms with Crippen LogP contribution in [0.25, 0.3) is 0 Å². The molecule has 0 bridgehead atoms. The monoisotopic (exact) mass is 236 g/mol. The first kappa shape index (κ1) is 13.2. The number of carbonyl (C=O) groups is 2. The van der Waals surface area contributed by atoms with Gasteiger partial charge in [-0.15, -0.1) is 0 Å². The fraction of sp³-hybridized carbons (Fsp3) is 0.385. The van der Waals surface area contributed by atoms with E-state index in [2.05, 4.69) is 0 Å². The molecule has 1 aromatic rings. The van der Waals surface area contributed by atoms with Gasteiger partial charge in [0.15, 0.2) is 0 Å². The van der Waals surface area contributed by atoms with Crippen molar-refractivity contribution in [2.45, 2.75) is 27.2 Å². The van der Waals surface area contributed by atoms with Gasteiger partial charge in [-0.2, -0.15) is 0 Å². The number of hydrogen-bond acceptors (Lipinski definition) is 4. The van der Waals surface area contributed by atoms with Crippen molar-refractivity contribution in [3.05, 3.63) is 24.3 Å².